The number of aliphatic hydroxyl groups is 1. The summed E-state index contributed by atoms with van der Waals surface area (Å²) in [5.74, 6) is -0.560. The van der Waals surface area contributed by atoms with Crippen LogP contribution in [-0.4, -0.2) is 65.0 Å². The van der Waals surface area contributed by atoms with Crippen LogP contribution >= 0.6 is 7.75 Å². The van der Waals surface area contributed by atoms with Crippen molar-refractivity contribution in [1.82, 2.24) is 14.6 Å². The minimum Gasteiger partial charge on any atom is -0.462 e. The number of nitrogens with zero attached hydrogens (tertiary/aromatic N) is 1. The Balaban J connectivity index is 1.80. The SMILES string of the molecule is B[C@]1(F)[C@H](O)[C@@H](CO[P@@](=O)(N[C@@H](C)C(=O)OC(C)C)Oc2ccccc2)O[C@H]1n1ccc(=O)[nH]c1=O. The molecule has 3 N–H and O–H groups in total. The first-order chi connectivity index (χ1) is 16.8. The molecule has 1 saturated heterocycles. The summed E-state index contributed by atoms with van der Waals surface area (Å²) in [5.41, 5.74) is -4.12. The zero-order valence-corrected chi connectivity index (χ0v) is 21.0. The van der Waals surface area contributed by atoms with Crippen LogP contribution in [0.4, 0.5) is 4.39 Å². The van der Waals surface area contributed by atoms with E-state index in [1.807, 2.05) is 4.98 Å². The van der Waals surface area contributed by atoms with Crippen molar-refractivity contribution in [2.24, 2.45) is 0 Å². The van der Waals surface area contributed by atoms with E-state index < -0.39 is 67.7 Å². The molecule has 3 rings (SSSR count). The first-order valence-electron chi connectivity index (χ1n) is 11.1. The van der Waals surface area contributed by atoms with E-state index in [2.05, 4.69) is 5.09 Å². The van der Waals surface area contributed by atoms with Gasteiger partial charge in [-0.2, -0.15) is 5.09 Å². The van der Waals surface area contributed by atoms with E-state index in [1.165, 1.54) is 19.1 Å². The molecule has 1 aliphatic rings. The third kappa shape index (κ3) is 6.51. The van der Waals surface area contributed by atoms with Crippen LogP contribution in [0, 0.1) is 0 Å². The monoisotopic (exact) mass is 527 g/mol. The number of carbonyl (C=O) groups excluding carboxylic acids is 1. The summed E-state index contributed by atoms with van der Waals surface area (Å²) in [7, 11) is -3.29. The minimum absolute atomic E-state index is 0.152. The number of carbonyl (C=O) groups is 1. The number of rotatable bonds is 10. The van der Waals surface area contributed by atoms with Crippen molar-refractivity contribution in [3.05, 3.63) is 63.4 Å². The summed E-state index contributed by atoms with van der Waals surface area (Å²) < 4.78 is 51.4. The largest absolute Gasteiger partial charge is 0.462 e. The predicted octanol–water partition coefficient (Wildman–Crippen LogP) is 0.227. The smallest absolute Gasteiger partial charge is 0.459 e. The molecule has 36 heavy (non-hydrogen) atoms. The van der Waals surface area contributed by atoms with Gasteiger partial charge in [0.2, 0.25) is 0 Å². The van der Waals surface area contributed by atoms with Crippen LogP contribution in [0.5, 0.6) is 5.75 Å². The van der Waals surface area contributed by atoms with Crippen LogP contribution < -0.4 is 20.9 Å². The van der Waals surface area contributed by atoms with Crippen molar-refractivity contribution in [1.29, 1.82) is 0 Å². The molecule has 2 aromatic rings. The number of alkyl halides is 1. The second-order valence-electron chi connectivity index (χ2n) is 8.67. The topological polar surface area (TPSA) is 158 Å². The van der Waals surface area contributed by atoms with Crippen molar-refractivity contribution >= 4 is 21.6 Å². The number of aromatic nitrogens is 2. The first-order valence-corrected chi connectivity index (χ1v) is 12.7. The number of nitrogens with one attached hydrogen (secondary N) is 2. The molecule has 0 spiro atoms. The third-order valence-corrected chi connectivity index (χ3v) is 6.90. The highest BCUT2D eigenvalue weighted by atomic mass is 31.2. The van der Waals surface area contributed by atoms with Crippen molar-refractivity contribution in [2.75, 3.05) is 6.61 Å². The van der Waals surface area contributed by atoms with Crippen LogP contribution in [0.3, 0.4) is 0 Å². The number of aliphatic hydroxyl groups excluding tert-OH is 1. The van der Waals surface area contributed by atoms with Gasteiger partial charge in [0.15, 0.2) is 14.1 Å². The molecule has 0 radical (unpaired) electrons. The van der Waals surface area contributed by atoms with E-state index >= 15 is 4.39 Å². The van der Waals surface area contributed by atoms with Crippen LogP contribution in [0.25, 0.3) is 0 Å². The summed E-state index contributed by atoms with van der Waals surface area (Å²) >= 11 is 0. The van der Waals surface area contributed by atoms with Gasteiger partial charge in [0, 0.05) is 12.3 Å². The van der Waals surface area contributed by atoms with Crippen LogP contribution in [0.15, 0.2) is 52.2 Å². The Morgan fingerprint density at radius 1 is 1.31 bits per heavy atom. The standard InChI is InChI=1S/C21H28BFN3O9P/c1-12(2)33-18(29)13(3)25-36(31,35-14-7-5-4-6-8-14)32-11-15-17(28)21(22,23)19(34-15)26-10-9-16(27)24-20(26)30/h4-10,12-13,15,17,19,28H,11,22H2,1-3H3,(H,25,31)(H,24,27,30)/t13-,15+,17+,19+,21-,36-/m0/s1. The van der Waals surface area contributed by atoms with Crippen molar-refractivity contribution < 1.29 is 37.4 Å². The van der Waals surface area contributed by atoms with Crippen LogP contribution in [-0.2, 0) is 23.4 Å². The Hall–Kier alpha value is -2.77. The number of aromatic amines is 1. The zero-order chi connectivity index (χ0) is 26.7. The lowest BCUT2D eigenvalue weighted by atomic mass is 9.77. The fraction of sp³-hybridized carbons (Fsp3) is 0.476. The molecule has 6 atom stereocenters. The summed E-state index contributed by atoms with van der Waals surface area (Å²) in [6.07, 6.45) is -4.21. The number of ether oxygens (including phenoxy) is 2. The maximum absolute atomic E-state index is 15.4. The molecule has 0 amide bonds. The number of hydrogen-bond donors (Lipinski definition) is 3. The fourth-order valence-corrected chi connectivity index (χ4v) is 4.97. The molecule has 0 saturated carbocycles. The normalized spacial score (nSPS) is 26.3. The summed E-state index contributed by atoms with van der Waals surface area (Å²) in [5, 5.41) is 13.0. The van der Waals surface area contributed by atoms with Gasteiger partial charge in [-0.1, -0.05) is 18.2 Å². The maximum atomic E-state index is 15.4. The van der Waals surface area contributed by atoms with Gasteiger partial charge in [-0.15, -0.1) is 0 Å². The molecule has 1 fully saturated rings. The Kier molecular flexibility index (Phi) is 8.57. The van der Waals surface area contributed by atoms with Gasteiger partial charge in [0.25, 0.3) is 5.56 Å². The minimum atomic E-state index is -4.30. The molecule has 0 bridgehead atoms. The molecule has 0 unspecified atom stereocenters. The van der Waals surface area contributed by atoms with Gasteiger partial charge < -0.3 is 19.1 Å². The summed E-state index contributed by atoms with van der Waals surface area (Å²) in [6.45, 7) is 4.06. The molecular weight excluding hydrogens is 499 g/mol. The number of esters is 1. The number of hydrogen-bond acceptors (Lipinski definition) is 9. The number of halogens is 1. The number of H-pyrrole nitrogens is 1. The lowest BCUT2D eigenvalue weighted by Crippen LogP contribution is -2.46. The van der Waals surface area contributed by atoms with E-state index in [0.29, 0.717) is 0 Å². The van der Waals surface area contributed by atoms with E-state index in [1.54, 1.807) is 32.0 Å². The molecule has 12 nitrogen and oxygen atoms in total. The number of benzene rings is 1. The Labute approximate surface area is 206 Å². The quantitative estimate of drug-likeness (QED) is 0.222. The summed E-state index contributed by atoms with van der Waals surface area (Å²) in [4.78, 5) is 37.7. The molecule has 1 aromatic carbocycles. The van der Waals surface area contributed by atoms with Crippen molar-refractivity contribution in [3.8, 4) is 5.75 Å². The Morgan fingerprint density at radius 2 is 1.97 bits per heavy atom. The Morgan fingerprint density at radius 3 is 2.58 bits per heavy atom. The van der Waals surface area contributed by atoms with Crippen molar-refractivity contribution in [3.63, 3.8) is 0 Å². The maximum Gasteiger partial charge on any atom is 0.459 e. The molecule has 1 aromatic heterocycles. The highest BCUT2D eigenvalue weighted by Crippen LogP contribution is 2.47. The highest BCUT2D eigenvalue weighted by molar-refractivity contribution is 7.52. The summed E-state index contributed by atoms with van der Waals surface area (Å²) in [6, 6.07) is 7.86. The van der Waals surface area contributed by atoms with Crippen LogP contribution in [0.2, 0.25) is 0 Å². The fourth-order valence-electron chi connectivity index (χ4n) is 3.47. The van der Waals surface area contributed by atoms with Gasteiger partial charge in [0.05, 0.1) is 12.7 Å². The molecule has 1 aliphatic heterocycles. The van der Waals surface area contributed by atoms with Gasteiger partial charge in [0.1, 0.15) is 29.6 Å². The molecule has 196 valence electrons. The van der Waals surface area contributed by atoms with E-state index in [4.69, 9.17) is 18.5 Å². The van der Waals surface area contributed by atoms with Gasteiger partial charge >= 0.3 is 19.4 Å². The molecular formula is C21H28BFN3O9P. The highest BCUT2D eigenvalue weighted by Gasteiger charge is 2.55. The van der Waals surface area contributed by atoms with Gasteiger partial charge in [-0.3, -0.25) is 23.7 Å². The Bertz CT molecular complexity index is 1220. The third-order valence-electron chi connectivity index (χ3n) is 5.26. The second kappa shape index (κ2) is 11.1. The van der Waals surface area contributed by atoms with E-state index in [0.717, 1.165) is 24.7 Å². The first kappa shape index (κ1) is 27.8. The molecule has 0 aliphatic carbocycles. The second-order valence-corrected chi connectivity index (χ2v) is 10.4. The molecule has 2 heterocycles. The zero-order valence-electron chi connectivity index (χ0n) is 20.1. The predicted molar refractivity (Wildman–Crippen MR) is 128 cm³/mol. The van der Waals surface area contributed by atoms with Gasteiger partial charge in [-0.05, 0) is 32.9 Å². The van der Waals surface area contributed by atoms with E-state index in [-0.39, 0.29) is 5.75 Å². The average Bonchev–Trinajstić information content (AvgIpc) is 3.01. The lowest BCUT2D eigenvalue weighted by molar-refractivity contribution is -0.149. The number of para-hydroxylation sites is 1. The molecule has 15 heteroatoms. The van der Waals surface area contributed by atoms with Crippen molar-refractivity contribution in [2.45, 2.75) is 56.9 Å². The van der Waals surface area contributed by atoms with E-state index in [9.17, 15) is 24.1 Å². The van der Waals surface area contributed by atoms with Gasteiger partial charge in [-0.25, -0.2) is 13.8 Å². The van der Waals surface area contributed by atoms with Crippen LogP contribution in [0.1, 0.15) is 27.0 Å². The lowest BCUT2D eigenvalue weighted by Gasteiger charge is -2.25. The average molecular weight is 527 g/mol.